The van der Waals surface area contributed by atoms with Crippen LogP contribution in [0.2, 0.25) is 0 Å². The Bertz CT molecular complexity index is 1100. The van der Waals surface area contributed by atoms with Crippen molar-refractivity contribution in [1.29, 1.82) is 5.41 Å². The number of likely N-dealkylation sites (tertiary alicyclic amines) is 1. The minimum absolute atomic E-state index is 0.00218. The van der Waals surface area contributed by atoms with Gasteiger partial charge in [0.1, 0.15) is 11.9 Å². The molecule has 1 saturated carbocycles. The predicted molar refractivity (Wildman–Crippen MR) is 136 cm³/mol. The van der Waals surface area contributed by atoms with Crippen molar-refractivity contribution in [1.82, 2.24) is 15.5 Å². The Balaban J connectivity index is 1.23. The van der Waals surface area contributed by atoms with Crippen molar-refractivity contribution in [2.75, 3.05) is 6.54 Å². The highest BCUT2D eigenvalue weighted by Gasteiger charge is 2.64. The molecule has 4 rings (SSSR count). The van der Waals surface area contributed by atoms with Crippen molar-refractivity contribution in [3.8, 4) is 0 Å². The molecule has 1 unspecified atom stereocenters. The van der Waals surface area contributed by atoms with E-state index in [-0.39, 0.29) is 41.6 Å². The number of benzene rings is 1. The number of nitrogens with two attached hydrogens (primary N) is 1. The lowest BCUT2D eigenvalue weighted by atomic mass is 10.0. The molecule has 2 aromatic rings. The summed E-state index contributed by atoms with van der Waals surface area (Å²) < 4.78 is 0. The van der Waals surface area contributed by atoms with Gasteiger partial charge >= 0.3 is 0 Å². The molecular formula is C26H33N5O3S. The number of nitrogen functional groups attached to an aromatic ring is 1. The van der Waals surface area contributed by atoms with E-state index in [1.807, 2.05) is 18.2 Å². The van der Waals surface area contributed by atoms with Gasteiger partial charge in [-0.1, -0.05) is 37.3 Å². The largest absolute Gasteiger partial charge is 0.384 e. The standard InChI is InChI=1S/C26H33N5O3S/c1-26-12-20(25(34)30-14-19-11-18(16-35-19)24(27)28)31(21(26)13-26)23(33)15-29-22(32)10-6-5-9-17-7-3-2-4-8-17/h2-4,7-8,11,16,20-21H,5-6,9-10,12-15H2,1H3,(H3,27,28)(H,29,32)(H,30,34)/t20-,21?,26-/m0/s1. The van der Waals surface area contributed by atoms with Crippen LogP contribution in [0.4, 0.5) is 0 Å². The number of carbonyl (C=O) groups excluding carboxylic acids is 3. The smallest absolute Gasteiger partial charge is 0.243 e. The summed E-state index contributed by atoms with van der Waals surface area (Å²) in [6.07, 6.45) is 4.51. The van der Waals surface area contributed by atoms with Gasteiger partial charge in [0.2, 0.25) is 17.7 Å². The van der Waals surface area contributed by atoms with Crippen molar-refractivity contribution in [3.05, 3.63) is 57.8 Å². The summed E-state index contributed by atoms with van der Waals surface area (Å²) in [5.41, 5.74) is 7.38. The number of piperidine rings is 1. The van der Waals surface area contributed by atoms with Crippen LogP contribution in [-0.2, 0) is 27.3 Å². The molecule has 3 atom stereocenters. The Labute approximate surface area is 209 Å². The quantitative estimate of drug-likeness (QED) is 0.217. The zero-order chi connectivity index (χ0) is 25.0. The highest BCUT2D eigenvalue weighted by atomic mass is 32.1. The van der Waals surface area contributed by atoms with E-state index in [0.717, 1.165) is 30.6 Å². The molecule has 2 fully saturated rings. The van der Waals surface area contributed by atoms with E-state index in [0.29, 0.717) is 24.9 Å². The number of nitrogens with one attached hydrogen (secondary N) is 3. The number of hydrogen-bond acceptors (Lipinski definition) is 5. The lowest BCUT2D eigenvalue weighted by molar-refractivity contribution is -0.140. The Kier molecular flexibility index (Phi) is 7.54. The number of aryl methyl sites for hydroxylation is 1. The Morgan fingerprint density at radius 2 is 1.94 bits per heavy atom. The Morgan fingerprint density at radius 1 is 1.17 bits per heavy atom. The molecule has 1 aliphatic carbocycles. The number of carbonyl (C=O) groups is 3. The van der Waals surface area contributed by atoms with Gasteiger partial charge in [-0.15, -0.1) is 11.3 Å². The van der Waals surface area contributed by atoms with Gasteiger partial charge in [0.25, 0.3) is 0 Å². The zero-order valence-corrected chi connectivity index (χ0v) is 20.8. The van der Waals surface area contributed by atoms with Crippen LogP contribution in [0.25, 0.3) is 0 Å². The van der Waals surface area contributed by atoms with Gasteiger partial charge < -0.3 is 21.3 Å². The number of rotatable bonds is 11. The van der Waals surface area contributed by atoms with Gasteiger partial charge in [0.05, 0.1) is 13.1 Å². The first-order valence-electron chi connectivity index (χ1n) is 12.1. The molecular weight excluding hydrogens is 462 g/mol. The Morgan fingerprint density at radius 3 is 2.66 bits per heavy atom. The van der Waals surface area contributed by atoms with E-state index in [1.165, 1.54) is 16.9 Å². The molecule has 5 N–H and O–H groups in total. The highest BCUT2D eigenvalue weighted by molar-refractivity contribution is 7.10. The van der Waals surface area contributed by atoms with Crippen LogP contribution in [-0.4, -0.2) is 47.1 Å². The molecule has 1 saturated heterocycles. The predicted octanol–water partition coefficient (Wildman–Crippen LogP) is 2.56. The van der Waals surface area contributed by atoms with Crippen molar-refractivity contribution in [3.63, 3.8) is 0 Å². The SMILES string of the molecule is C[C@]12CC1N(C(=O)CNC(=O)CCCCc1ccccc1)[C@H](C(=O)NCc1cc(C(=N)N)cs1)C2. The fraction of sp³-hybridized carbons (Fsp3) is 0.462. The second-order valence-electron chi connectivity index (χ2n) is 9.80. The van der Waals surface area contributed by atoms with Crippen LogP contribution in [0.5, 0.6) is 0 Å². The van der Waals surface area contributed by atoms with E-state index in [1.54, 1.807) is 16.3 Å². The molecule has 2 aliphatic rings. The Hall–Kier alpha value is -3.20. The van der Waals surface area contributed by atoms with Crippen LogP contribution in [0.3, 0.4) is 0 Å². The average molecular weight is 496 g/mol. The third-order valence-electron chi connectivity index (χ3n) is 7.03. The maximum Gasteiger partial charge on any atom is 0.243 e. The maximum atomic E-state index is 13.0. The minimum Gasteiger partial charge on any atom is -0.384 e. The molecule has 3 amide bonds. The second kappa shape index (κ2) is 10.6. The first-order chi connectivity index (χ1) is 16.8. The number of hydrogen-bond donors (Lipinski definition) is 4. The van der Waals surface area contributed by atoms with E-state index in [2.05, 4.69) is 29.7 Å². The summed E-state index contributed by atoms with van der Waals surface area (Å²) >= 11 is 1.43. The van der Waals surface area contributed by atoms with Gasteiger partial charge in [0, 0.05) is 28.3 Å². The van der Waals surface area contributed by atoms with Crippen LogP contribution in [0.15, 0.2) is 41.8 Å². The molecule has 9 heteroatoms. The third kappa shape index (κ3) is 6.08. The maximum absolute atomic E-state index is 13.0. The van der Waals surface area contributed by atoms with Gasteiger partial charge in [-0.05, 0) is 49.1 Å². The lowest BCUT2D eigenvalue weighted by Gasteiger charge is -2.27. The van der Waals surface area contributed by atoms with E-state index >= 15 is 0 Å². The summed E-state index contributed by atoms with van der Waals surface area (Å²) in [6, 6.07) is 11.5. The molecule has 1 aromatic carbocycles. The van der Waals surface area contributed by atoms with E-state index in [4.69, 9.17) is 11.1 Å². The number of nitrogens with zero attached hydrogens (tertiary/aromatic N) is 1. The number of unbranched alkanes of at least 4 members (excludes halogenated alkanes) is 1. The average Bonchev–Trinajstić information content (AvgIpc) is 3.18. The first-order valence-corrected chi connectivity index (χ1v) is 13.0. The van der Waals surface area contributed by atoms with Crippen molar-refractivity contribution >= 4 is 34.9 Å². The monoisotopic (exact) mass is 495 g/mol. The molecule has 0 bridgehead atoms. The molecule has 0 radical (unpaired) electrons. The second-order valence-corrected chi connectivity index (χ2v) is 10.8. The first kappa shape index (κ1) is 24.9. The number of amides is 3. The topological polar surface area (TPSA) is 128 Å². The molecule has 2 heterocycles. The van der Waals surface area contributed by atoms with Crippen LogP contribution in [0, 0.1) is 10.8 Å². The van der Waals surface area contributed by atoms with Crippen molar-refractivity contribution < 1.29 is 14.4 Å². The van der Waals surface area contributed by atoms with E-state index in [9.17, 15) is 14.4 Å². The van der Waals surface area contributed by atoms with Gasteiger partial charge in [0.15, 0.2) is 0 Å². The molecule has 1 aliphatic heterocycles. The van der Waals surface area contributed by atoms with Gasteiger partial charge in [-0.3, -0.25) is 19.8 Å². The van der Waals surface area contributed by atoms with Crippen LogP contribution in [0.1, 0.15) is 55.0 Å². The molecule has 1 aromatic heterocycles. The van der Waals surface area contributed by atoms with Crippen LogP contribution >= 0.6 is 11.3 Å². The zero-order valence-electron chi connectivity index (χ0n) is 20.0. The summed E-state index contributed by atoms with van der Waals surface area (Å²) in [5.74, 6) is -0.525. The summed E-state index contributed by atoms with van der Waals surface area (Å²) in [7, 11) is 0. The third-order valence-corrected chi connectivity index (χ3v) is 7.96. The normalized spacial score (nSPS) is 22.4. The number of thiophene rings is 1. The van der Waals surface area contributed by atoms with E-state index < -0.39 is 6.04 Å². The summed E-state index contributed by atoms with van der Waals surface area (Å²) in [5, 5.41) is 15.0. The van der Waals surface area contributed by atoms with Gasteiger partial charge in [-0.2, -0.15) is 0 Å². The van der Waals surface area contributed by atoms with Crippen molar-refractivity contribution in [2.24, 2.45) is 11.1 Å². The van der Waals surface area contributed by atoms with Crippen LogP contribution < -0.4 is 16.4 Å². The fourth-order valence-corrected chi connectivity index (χ4v) is 5.70. The number of fused-ring (bicyclic) bond motifs is 1. The number of amidine groups is 1. The molecule has 0 spiro atoms. The molecule has 8 nitrogen and oxygen atoms in total. The molecule has 35 heavy (non-hydrogen) atoms. The molecule has 186 valence electrons. The fourth-order valence-electron chi connectivity index (χ4n) is 4.88. The van der Waals surface area contributed by atoms with Gasteiger partial charge in [-0.25, -0.2) is 0 Å². The van der Waals surface area contributed by atoms with Crippen molar-refractivity contribution in [2.45, 2.75) is 64.1 Å². The highest BCUT2D eigenvalue weighted by Crippen LogP contribution is 2.59. The minimum atomic E-state index is -0.527. The summed E-state index contributed by atoms with van der Waals surface area (Å²) in [4.78, 5) is 40.8. The lowest BCUT2D eigenvalue weighted by Crippen LogP contribution is -2.50. The summed E-state index contributed by atoms with van der Waals surface area (Å²) in [6.45, 7) is 2.35.